The van der Waals surface area contributed by atoms with Crippen LogP contribution in [0.1, 0.15) is 11.1 Å². The molecule has 5 rings (SSSR count). The van der Waals surface area contributed by atoms with Crippen molar-refractivity contribution in [2.45, 2.75) is 13.1 Å². The first kappa shape index (κ1) is 25.2. The molecule has 0 saturated heterocycles. The third-order valence-corrected chi connectivity index (χ3v) is 6.94. The monoisotopic (exact) mass is 500 g/mol. The highest BCUT2D eigenvalue weighted by molar-refractivity contribution is 5.70. The summed E-state index contributed by atoms with van der Waals surface area (Å²) in [5, 5.41) is 0. The van der Waals surface area contributed by atoms with Gasteiger partial charge in [0.05, 0.1) is 0 Å². The zero-order chi connectivity index (χ0) is 26.5. The summed E-state index contributed by atoms with van der Waals surface area (Å²) in [7, 11) is 8.26. The van der Waals surface area contributed by atoms with Crippen LogP contribution in [0.25, 0.3) is 22.3 Å². The predicted octanol–water partition coefficient (Wildman–Crippen LogP) is 5.82. The zero-order valence-electron chi connectivity index (χ0n) is 22.8. The summed E-state index contributed by atoms with van der Waals surface area (Å²) < 4.78 is 4.43. The van der Waals surface area contributed by atoms with Crippen molar-refractivity contribution in [3.63, 3.8) is 0 Å². The van der Waals surface area contributed by atoms with Crippen molar-refractivity contribution in [1.82, 2.24) is 0 Å². The van der Waals surface area contributed by atoms with E-state index >= 15 is 0 Å². The van der Waals surface area contributed by atoms with Crippen molar-refractivity contribution in [3.8, 4) is 22.3 Å². The second-order valence-corrected chi connectivity index (χ2v) is 10.2. The lowest BCUT2D eigenvalue weighted by Crippen LogP contribution is -2.33. The molecule has 190 valence electrons. The Balaban J connectivity index is 1.25. The smallest absolute Gasteiger partial charge is 0.173 e. The van der Waals surface area contributed by atoms with E-state index in [1.807, 2.05) is 0 Å². The van der Waals surface area contributed by atoms with E-state index in [1.54, 1.807) is 0 Å². The van der Waals surface area contributed by atoms with Gasteiger partial charge in [0.25, 0.3) is 0 Å². The van der Waals surface area contributed by atoms with Crippen molar-refractivity contribution < 1.29 is 9.13 Å². The molecule has 0 aliphatic carbocycles. The van der Waals surface area contributed by atoms with E-state index in [0.29, 0.717) is 0 Å². The van der Waals surface area contributed by atoms with Gasteiger partial charge in [-0.05, 0) is 28.3 Å². The Hall–Kier alpha value is -4.44. The number of hydrogen-bond acceptors (Lipinski definition) is 2. The van der Waals surface area contributed by atoms with E-state index in [-0.39, 0.29) is 0 Å². The van der Waals surface area contributed by atoms with Gasteiger partial charge in [0, 0.05) is 75.0 Å². The lowest BCUT2D eigenvalue weighted by Gasteiger charge is -2.10. The standard InChI is InChI=1S/C34H36N4/c1-35(2)33-16-20-37(21-17-33)25-27-8-10-29(11-9-27)30-12-14-31(15-13-30)32-7-5-6-28(24-32)26-38-22-18-34(19-23-38)36(3)4/h5-24H,25-26H2,1-4H3/q+2. The minimum atomic E-state index is 0.851. The van der Waals surface area contributed by atoms with Gasteiger partial charge in [-0.15, -0.1) is 0 Å². The Morgan fingerprint density at radius 2 is 0.868 bits per heavy atom. The molecule has 0 aliphatic rings. The molecule has 0 amide bonds. The topological polar surface area (TPSA) is 14.2 Å². The number of benzene rings is 3. The van der Waals surface area contributed by atoms with E-state index in [2.05, 4.69) is 169 Å². The van der Waals surface area contributed by atoms with Gasteiger partial charge in [-0.2, -0.15) is 0 Å². The van der Waals surface area contributed by atoms with Gasteiger partial charge in [0.2, 0.25) is 0 Å². The SMILES string of the molecule is CN(C)c1cc[n+](Cc2ccc(-c3ccc(-c4cccc(C[n+]5ccc(N(C)C)cc5)c4)cc3)cc2)cc1. The van der Waals surface area contributed by atoms with Crippen LogP contribution < -0.4 is 18.9 Å². The summed E-state index contributed by atoms with van der Waals surface area (Å²) in [6, 6.07) is 35.2. The zero-order valence-corrected chi connectivity index (χ0v) is 22.8. The second-order valence-electron chi connectivity index (χ2n) is 10.2. The van der Waals surface area contributed by atoms with Crippen LogP contribution in [0.4, 0.5) is 11.4 Å². The molecule has 2 heterocycles. The summed E-state index contributed by atoms with van der Waals surface area (Å²) >= 11 is 0. The van der Waals surface area contributed by atoms with Crippen molar-refractivity contribution in [3.05, 3.63) is 133 Å². The maximum Gasteiger partial charge on any atom is 0.173 e. The summed E-state index contributed by atoms with van der Waals surface area (Å²) in [4.78, 5) is 4.24. The molecule has 0 aliphatic heterocycles. The van der Waals surface area contributed by atoms with E-state index in [9.17, 15) is 0 Å². The summed E-state index contributed by atoms with van der Waals surface area (Å²) in [5.74, 6) is 0. The molecule has 5 aromatic rings. The molecule has 0 radical (unpaired) electrons. The van der Waals surface area contributed by atoms with Crippen molar-refractivity contribution in [2.24, 2.45) is 0 Å². The largest absolute Gasteiger partial charge is 0.377 e. The third-order valence-electron chi connectivity index (χ3n) is 6.94. The fraction of sp³-hybridized carbons (Fsp3) is 0.176. The molecular formula is C34H36N4+2. The van der Waals surface area contributed by atoms with Crippen LogP contribution >= 0.6 is 0 Å². The highest BCUT2D eigenvalue weighted by atomic mass is 15.1. The quantitative estimate of drug-likeness (QED) is 0.249. The van der Waals surface area contributed by atoms with Crippen LogP contribution in [0.2, 0.25) is 0 Å². The van der Waals surface area contributed by atoms with E-state index in [4.69, 9.17) is 0 Å². The maximum absolute atomic E-state index is 2.29. The van der Waals surface area contributed by atoms with Gasteiger partial charge in [0.15, 0.2) is 37.9 Å². The molecule has 0 fully saturated rings. The molecule has 4 heteroatoms. The Morgan fingerprint density at radius 3 is 1.34 bits per heavy atom. The van der Waals surface area contributed by atoms with Crippen molar-refractivity contribution in [1.29, 1.82) is 0 Å². The number of pyridine rings is 2. The summed E-state index contributed by atoms with van der Waals surface area (Å²) in [6.45, 7) is 1.71. The minimum absolute atomic E-state index is 0.851. The molecule has 0 saturated carbocycles. The van der Waals surface area contributed by atoms with Crippen molar-refractivity contribution >= 4 is 11.4 Å². The fourth-order valence-corrected chi connectivity index (χ4v) is 4.63. The molecule has 38 heavy (non-hydrogen) atoms. The summed E-state index contributed by atoms with van der Waals surface area (Å²) in [5.41, 5.74) is 9.94. The van der Waals surface area contributed by atoms with E-state index in [0.717, 1.165) is 13.1 Å². The lowest BCUT2D eigenvalue weighted by molar-refractivity contribution is -0.688. The molecule has 0 bridgehead atoms. The van der Waals surface area contributed by atoms with Gasteiger partial charge >= 0.3 is 0 Å². The highest BCUT2D eigenvalue weighted by Gasteiger charge is 2.08. The van der Waals surface area contributed by atoms with Crippen LogP contribution in [-0.4, -0.2) is 28.2 Å². The number of rotatable bonds is 8. The molecular weight excluding hydrogens is 464 g/mol. The fourth-order valence-electron chi connectivity index (χ4n) is 4.63. The highest BCUT2D eigenvalue weighted by Crippen LogP contribution is 2.26. The Kier molecular flexibility index (Phi) is 7.50. The predicted molar refractivity (Wildman–Crippen MR) is 157 cm³/mol. The summed E-state index contributed by atoms with van der Waals surface area (Å²) in [6.07, 6.45) is 8.55. The van der Waals surface area contributed by atoms with Crippen LogP contribution in [0, 0.1) is 0 Å². The molecule has 3 aromatic carbocycles. The third kappa shape index (κ3) is 6.09. The van der Waals surface area contributed by atoms with Crippen LogP contribution in [0.15, 0.2) is 122 Å². The number of anilines is 2. The van der Waals surface area contributed by atoms with Gasteiger partial charge in [-0.3, -0.25) is 0 Å². The first-order chi connectivity index (χ1) is 18.4. The second kappa shape index (κ2) is 11.3. The van der Waals surface area contributed by atoms with E-state index in [1.165, 1.54) is 44.8 Å². The molecule has 0 N–H and O–H groups in total. The molecule has 0 unspecified atom stereocenters. The maximum atomic E-state index is 2.29. The average Bonchev–Trinajstić information content (AvgIpc) is 2.94. The Labute approximate surface area is 226 Å². The average molecular weight is 501 g/mol. The molecule has 0 atom stereocenters. The van der Waals surface area contributed by atoms with Crippen LogP contribution in [0.5, 0.6) is 0 Å². The molecule has 0 spiro atoms. The van der Waals surface area contributed by atoms with Gasteiger partial charge in [-0.25, -0.2) is 9.13 Å². The van der Waals surface area contributed by atoms with Gasteiger partial charge in [-0.1, -0.05) is 66.7 Å². The Morgan fingerprint density at radius 1 is 0.447 bits per heavy atom. The van der Waals surface area contributed by atoms with E-state index < -0.39 is 0 Å². The number of hydrogen-bond donors (Lipinski definition) is 0. The van der Waals surface area contributed by atoms with Crippen LogP contribution in [-0.2, 0) is 13.1 Å². The van der Waals surface area contributed by atoms with Crippen molar-refractivity contribution in [2.75, 3.05) is 38.0 Å². The first-order valence-corrected chi connectivity index (χ1v) is 13.1. The molecule has 2 aromatic heterocycles. The van der Waals surface area contributed by atoms with Gasteiger partial charge < -0.3 is 9.80 Å². The molecule has 4 nitrogen and oxygen atoms in total. The normalized spacial score (nSPS) is 10.8. The van der Waals surface area contributed by atoms with Crippen LogP contribution in [0.3, 0.4) is 0 Å². The lowest BCUT2D eigenvalue weighted by atomic mass is 9.98. The minimum Gasteiger partial charge on any atom is -0.377 e. The number of nitrogens with zero attached hydrogens (tertiary/aromatic N) is 4. The first-order valence-electron chi connectivity index (χ1n) is 13.1. The Bertz CT molecular complexity index is 1470. The van der Waals surface area contributed by atoms with Gasteiger partial charge in [0.1, 0.15) is 0 Å². The number of aromatic nitrogens is 2.